The predicted molar refractivity (Wildman–Crippen MR) is 90.0 cm³/mol. The first-order valence-electron chi connectivity index (χ1n) is 7.62. The van der Waals surface area contributed by atoms with Gasteiger partial charge in [0.15, 0.2) is 0 Å². The van der Waals surface area contributed by atoms with Gasteiger partial charge in [0, 0.05) is 18.8 Å². The zero-order valence-electron chi connectivity index (χ0n) is 13.2. The Morgan fingerprint density at radius 1 is 1.13 bits per heavy atom. The van der Waals surface area contributed by atoms with E-state index in [0.29, 0.717) is 19.8 Å². The highest BCUT2D eigenvalue weighted by molar-refractivity contribution is 5.89. The van der Waals surface area contributed by atoms with Crippen LogP contribution in [0.3, 0.4) is 0 Å². The van der Waals surface area contributed by atoms with Crippen molar-refractivity contribution in [3.63, 3.8) is 0 Å². The van der Waals surface area contributed by atoms with E-state index in [1.165, 1.54) is 0 Å². The Hall–Kier alpha value is -2.37. The predicted octanol–water partition coefficient (Wildman–Crippen LogP) is 3.04. The molecule has 0 aliphatic rings. The Balaban J connectivity index is 1.89. The van der Waals surface area contributed by atoms with E-state index in [-0.39, 0.29) is 12.6 Å². The Bertz CT molecular complexity index is 644. The van der Waals surface area contributed by atoms with Crippen LogP contribution < -0.4 is 10.6 Å². The average molecular weight is 314 g/mol. The first-order chi connectivity index (χ1) is 11.2. The van der Waals surface area contributed by atoms with E-state index >= 15 is 0 Å². The van der Waals surface area contributed by atoms with Gasteiger partial charge in [0.05, 0.1) is 13.2 Å². The molecule has 0 fully saturated rings. The van der Waals surface area contributed by atoms with Crippen LogP contribution in [0.4, 0.5) is 10.5 Å². The molecule has 0 saturated carbocycles. The fourth-order valence-electron chi connectivity index (χ4n) is 2.19. The summed E-state index contributed by atoms with van der Waals surface area (Å²) in [5, 5.41) is 14.9. The Labute approximate surface area is 136 Å². The number of benzene rings is 2. The highest BCUT2D eigenvalue weighted by Crippen LogP contribution is 2.12. The van der Waals surface area contributed by atoms with Crippen molar-refractivity contribution in [2.75, 3.05) is 11.9 Å². The van der Waals surface area contributed by atoms with Crippen molar-refractivity contribution in [2.45, 2.75) is 26.7 Å². The average Bonchev–Trinajstić information content (AvgIpc) is 2.58. The second-order valence-corrected chi connectivity index (χ2v) is 5.07. The summed E-state index contributed by atoms with van der Waals surface area (Å²) in [6.45, 7) is 3.44. The zero-order valence-corrected chi connectivity index (χ0v) is 13.2. The molecular weight excluding hydrogens is 292 g/mol. The summed E-state index contributed by atoms with van der Waals surface area (Å²) in [5.74, 6) is 0. The lowest BCUT2D eigenvalue weighted by Gasteiger charge is -2.11. The number of ether oxygens (including phenoxy) is 1. The van der Waals surface area contributed by atoms with Crippen LogP contribution in [0.1, 0.15) is 23.6 Å². The first-order valence-corrected chi connectivity index (χ1v) is 7.62. The minimum Gasteiger partial charge on any atom is -0.392 e. The van der Waals surface area contributed by atoms with E-state index in [4.69, 9.17) is 4.74 Å². The third-order valence-corrected chi connectivity index (χ3v) is 3.39. The van der Waals surface area contributed by atoms with E-state index in [1.54, 1.807) is 0 Å². The molecule has 2 aromatic carbocycles. The normalized spacial score (nSPS) is 10.3. The molecule has 122 valence electrons. The fourth-order valence-corrected chi connectivity index (χ4v) is 2.19. The number of nitrogens with one attached hydrogen (secondary N) is 2. The Kier molecular flexibility index (Phi) is 6.59. The van der Waals surface area contributed by atoms with Gasteiger partial charge in [-0.2, -0.15) is 0 Å². The quantitative estimate of drug-likeness (QED) is 0.735. The maximum absolute atomic E-state index is 12.0. The van der Waals surface area contributed by atoms with Crippen LogP contribution in [-0.4, -0.2) is 17.7 Å². The van der Waals surface area contributed by atoms with Gasteiger partial charge < -0.3 is 20.5 Å². The molecule has 0 unspecified atom stereocenters. The van der Waals surface area contributed by atoms with Crippen LogP contribution in [0.5, 0.6) is 0 Å². The number of aliphatic hydroxyl groups excluding tert-OH is 1. The molecule has 0 aliphatic carbocycles. The summed E-state index contributed by atoms with van der Waals surface area (Å²) in [7, 11) is 0. The zero-order chi connectivity index (χ0) is 16.5. The highest BCUT2D eigenvalue weighted by atomic mass is 16.5. The molecule has 5 heteroatoms. The number of hydrogen-bond acceptors (Lipinski definition) is 3. The van der Waals surface area contributed by atoms with Gasteiger partial charge in [-0.1, -0.05) is 36.4 Å². The molecule has 0 aromatic heterocycles. The number of urea groups is 1. The van der Waals surface area contributed by atoms with Crippen molar-refractivity contribution in [3.8, 4) is 0 Å². The maximum atomic E-state index is 12.0. The van der Waals surface area contributed by atoms with Gasteiger partial charge >= 0.3 is 6.03 Å². The molecule has 0 heterocycles. The van der Waals surface area contributed by atoms with Crippen molar-refractivity contribution in [1.29, 1.82) is 0 Å². The Morgan fingerprint density at radius 2 is 1.91 bits per heavy atom. The number of amides is 2. The monoisotopic (exact) mass is 314 g/mol. The number of carbonyl (C=O) groups excluding carboxylic acids is 1. The number of carbonyl (C=O) groups is 1. The van der Waals surface area contributed by atoms with E-state index in [9.17, 15) is 9.90 Å². The summed E-state index contributed by atoms with van der Waals surface area (Å²) in [4.78, 5) is 12.0. The van der Waals surface area contributed by atoms with E-state index < -0.39 is 0 Å². The molecule has 0 spiro atoms. The van der Waals surface area contributed by atoms with Crippen LogP contribution in [0, 0.1) is 0 Å². The molecule has 0 bridgehead atoms. The van der Waals surface area contributed by atoms with E-state index in [1.807, 2.05) is 55.5 Å². The molecule has 5 nitrogen and oxygen atoms in total. The SMILES string of the molecule is CCOCc1cccc(NC(=O)NCc2ccccc2CO)c1. The van der Waals surface area contributed by atoms with Crippen molar-refractivity contribution in [3.05, 3.63) is 65.2 Å². The van der Waals surface area contributed by atoms with Gasteiger partial charge in [-0.3, -0.25) is 0 Å². The standard InChI is InChI=1S/C18H22N2O3/c1-2-23-13-14-6-5-9-17(10-14)20-18(22)19-11-15-7-3-4-8-16(15)12-21/h3-10,21H,2,11-13H2,1H3,(H2,19,20,22). The van der Waals surface area contributed by atoms with E-state index in [0.717, 1.165) is 22.4 Å². The molecule has 2 aromatic rings. The summed E-state index contributed by atoms with van der Waals surface area (Å²) in [6, 6.07) is 14.7. The third kappa shape index (κ3) is 5.39. The van der Waals surface area contributed by atoms with Gasteiger partial charge in [-0.05, 0) is 35.7 Å². The van der Waals surface area contributed by atoms with Crippen LogP contribution in [0.15, 0.2) is 48.5 Å². The highest BCUT2D eigenvalue weighted by Gasteiger charge is 2.05. The second kappa shape index (κ2) is 8.92. The summed E-state index contributed by atoms with van der Waals surface area (Å²) in [5.41, 5.74) is 3.44. The molecule has 2 amide bonds. The lowest BCUT2D eigenvalue weighted by Crippen LogP contribution is -2.28. The molecule has 0 radical (unpaired) electrons. The van der Waals surface area contributed by atoms with Gasteiger partial charge in [0.1, 0.15) is 0 Å². The van der Waals surface area contributed by atoms with Crippen LogP contribution in [0.2, 0.25) is 0 Å². The lowest BCUT2D eigenvalue weighted by molar-refractivity contribution is 0.134. The minimum absolute atomic E-state index is 0.0427. The molecule has 0 saturated heterocycles. The molecule has 0 aliphatic heterocycles. The number of hydrogen-bond donors (Lipinski definition) is 3. The van der Waals surface area contributed by atoms with Crippen molar-refractivity contribution in [2.24, 2.45) is 0 Å². The minimum atomic E-state index is -0.286. The smallest absolute Gasteiger partial charge is 0.319 e. The summed E-state index contributed by atoms with van der Waals surface area (Å²) >= 11 is 0. The van der Waals surface area contributed by atoms with Crippen LogP contribution in [-0.2, 0) is 24.5 Å². The third-order valence-electron chi connectivity index (χ3n) is 3.39. The number of rotatable bonds is 7. The molecule has 2 rings (SSSR count). The van der Waals surface area contributed by atoms with Crippen LogP contribution >= 0.6 is 0 Å². The topological polar surface area (TPSA) is 70.6 Å². The van der Waals surface area contributed by atoms with Crippen molar-refractivity contribution < 1.29 is 14.6 Å². The summed E-state index contributed by atoms with van der Waals surface area (Å²) in [6.07, 6.45) is 0. The van der Waals surface area contributed by atoms with Gasteiger partial charge in [-0.25, -0.2) is 4.79 Å². The van der Waals surface area contributed by atoms with Crippen molar-refractivity contribution in [1.82, 2.24) is 5.32 Å². The lowest BCUT2D eigenvalue weighted by atomic mass is 10.1. The van der Waals surface area contributed by atoms with E-state index in [2.05, 4.69) is 10.6 Å². The van der Waals surface area contributed by atoms with Crippen molar-refractivity contribution >= 4 is 11.7 Å². The molecule has 3 N–H and O–H groups in total. The molecule has 23 heavy (non-hydrogen) atoms. The first kappa shape index (κ1) is 17.0. The van der Waals surface area contributed by atoms with Gasteiger partial charge in [-0.15, -0.1) is 0 Å². The second-order valence-electron chi connectivity index (χ2n) is 5.07. The number of anilines is 1. The maximum Gasteiger partial charge on any atom is 0.319 e. The molecular formula is C18H22N2O3. The molecule has 0 atom stereocenters. The largest absolute Gasteiger partial charge is 0.392 e. The van der Waals surface area contributed by atoms with Gasteiger partial charge in [0.25, 0.3) is 0 Å². The number of aliphatic hydroxyl groups is 1. The Morgan fingerprint density at radius 3 is 2.65 bits per heavy atom. The van der Waals surface area contributed by atoms with Gasteiger partial charge in [0.2, 0.25) is 0 Å². The van der Waals surface area contributed by atoms with Crippen LogP contribution in [0.25, 0.3) is 0 Å². The fraction of sp³-hybridized carbons (Fsp3) is 0.278. The summed E-state index contributed by atoms with van der Waals surface area (Å²) < 4.78 is 5.36.